The molecule has 2 saturated carbocycles. The summed E-state index contributed by atoms with van der Waals surface area (Å²) in [5.74, 6) is 2.00. The molecule has 0 amide bonds. The molecule has 0 unspecified atom stereocenters. The minimum Gasteiger partial charge on any atom is -0.469 e. The lowest BCUT2D eigenvalue weighted by atomic mass is 9.46. The second-order valence-electron chi connectivity index (χ2n) is 11.3. The molecule has 1 saturated heterocycles. The van der Waals surface area contributed by atoms with Crippen molar-refractivity contribution in [2.75, 3.05) is 20.2 Å². The standard InChI is InChI=1S/C28H43NO3/c1-21-10-13-25-27(2,15-9-16-28(25,3)26(30)31-4)23(21)12-11-22-14-19-32-24(22)20-29-17-7-5-6-8-18-29/h14,19,23,25H,1,5-13,15-18,20H2,2-4H3/p+1/t23-,25-,27-,28+/m0/s1. The summed E-state index contributed by atoms with van der Waals surface area (Å²) in [6.45, 7) is 12.7. The third-order valence-electron chi connectivity index (χ3n) is 9.43. The Bertz CT molecular complexity index is 805. The van der Waals surface area contributed by atoms with Crippen LogP contribution < -0.4 is 4.90 Å². The molecule has 2 heterocycles. The molecule has 1 aliphatic heterocycles. The number of carbonyl (C=O) groups is 1. The molecule has 178 valence electrons. The molecule has 2 aliphatic carbocycles. The highest BCUT2D eigenvalue weighted by atomic mass is 16.5. The molecule has 4 heteroatoms. The number of hydrogen-bond donors (Lipinski definition) is 1. The Balaban J connectivity index is 1.48. The van der Waals surface area contributed by atoms with Crippen LogP contribution in [0.15, 0.2) is 28.9 Å². The SMILES string of the molecule is C=C1CC[C@H]2[C@@](C)(CCC[C@@]2(C)C(=O)OC)[C@H]1CCc1ccoc1C[NH+]1CCCCCC1. The van der Waals surface area contributed by atoms with Crippen molar-refractivity contribution in [2.45, 2.75) is 91.0 Å². The van der Waals surface area contributed by atoms with Gasteiger partial charge in [-0.2, -0.15) is 0 Å². The molecule has 3 fully saturated rings. The number of likely N-dealkylation sites (tertiary alicyclic amines) is 1. The Morgan fingerprint density at radius 3 is 2.66 bits per heavy atom. The van der Waals surface area contributed by atoms with Gasteiger partial charge in [-0.05, 0) is 100 Å². The van der Waals surface area contributed by atoms with Crippen LogP contribution in [0, 0.1) is 22.7 Å². The number of rotatable bonds is 6. The van der Waals surface area contributed by atoms with Gasteiger partial charge in [0.1, 0.15) is 6.54 Å². The van der Waals surface area contributed by atoms with Gasteiger partial charge >= 0.3 is 5.97 Å². The molecule has 1 N–H and O–H groups in total. The van der Waals surface area contributed by atoms with E-state index in [1.54, 1.807) is 12.0 Å². The predicted octanol–water partition coefficient (Wildman–Crippen LogP) is 5.12. The number of furan rings is 1. The van der Waals surface area contributed by atoms with Crippen molar-refractivity contribution in [2.24, 2.45) is 22.7 Å². The number of fused-ring (bicyclic) bond motifs is 1. The van der Waals surface area contributed by atoms with Crippen LogP contribution in [0.1, 0.15) is 89.4 Å². The van der Waals surface area contributed by atoms with Crippen LogP contribution in [0.5, 0.6) is 0 Å². The second kappa shape index (κ2) is 9.75. The molecular weight excluding hydrogens is 398 g/mol. The van der Waals surface area contributed by atoms with Crippen LogP contribution in [0.2, 0.25) is 0 Å². The lowest BCUT2D eigenvalue weighted by Gasteiger charge is -2.57. The summed E-state index contributed by atoms with van der Waals surface area (Å²) < 4.78 is 11.3. The number of nitrogens with one attached hydrogen (secondary N) is 1. The maximum Gasteiger partial charge on any atom is 0.311 e. The van der Waals surface area contributed by atoms with Gasteiger partial charge in [-0.15, -0.1) is 0 Å². The zero-order chi connectivity index (χ0) is 22.8. The van der Waals surface area contributed by atoms with Crippen molar-refractivity contribution in [3.05, 3.63) is 35.8 Å². The van der Waals surface area contributed by atoms with E-state index in [1.807, 2.05) is 6.26 Å². The third kappa shape index (κ3) is 4.44. The van der Waals surface area contributed by atoms with Gasteiger partial charge in [0, 0.05) is 0 Å². The van der Waals surface area contributed by atoms with Crippen molar-refractivity contribution in [1.29, 1.82) is 0 Å². The van der Waals surface area contributed by atoms with Crippen LogP contribution in [-0.2, 0) is 22.5 Å². The Labute approximate surface area is 194 Å². The molecule has 0 bridgehead atoms. The molecule has 1 aromatic heterocycles. The molecule has 0 radical (unpaired) electrons. The molecular formula is C28H44NO3+. The highest BCUT2D eigenvalue weighted by Crippen LogP contribution is 2.62. The van der Waals surface area contributed by atoms with Crippen LogP contribution in [-0.4, -0.2) is 26.2 Å². The van der Waals surface area contributed by atoms with Gasteiger partial charge in [0.2, 0.25) is 0 Å². The zero-order valence-corrected chi connectivity index (χ0v) is 20.6. The van der Waals surface area contributed by atoms with Crippen LogP contribution in [0.3, 0.4) is 0 Å². The van der Waals surface area contributed by atoms with E-state index in [2.05, 4.69) is 26.5 Å². The largest absolute Gasteiger partial charge is 0.469 e. The maximum absolute atomic E-state index is 12.8. The van der Waals surface area contributed by atoms with E-state index < -0.39 is 0 Å². The summed E-state index contributed by atoms with van der Waals surface area (Å²) in [6, 6.07) is 2.19. The molecule has 3 aliphatic rings. The van der Waals surface area contributed by atoms with Crippen molar-refractivity contribution in [3.8, 4) is 0 Å². The smallest absolute Gasteiger partial charge is 0.311 e. The van der Waals surface area contributed by atoms with Gasteiger partial charge in [-0.25, -0.2) is 0 Å². The van der Waals surface area contributed by atoms with Gasteiger partial charge in [0.15, 0.2) is 5.76 Å². The minimum atomic E-state index is -0.363. The first kappa shape index (κ1) is 23.6. The van der Waals surface area contributed by atoms with Crippen LogP contribution in [0.25, 0.3) is 0 Å². The topological polar surface area (TPSA) is 43.9 Å². The number of ether oxygens (including phenoxy) is 1. The fourth-order valence-corrected chi connectivity index (χ4v) is 7.64. The van der Waals surface area contributed by atoms with Gasteiger partial charge in [0.05, 0.1) is 31.9 Å². The van der Waals surface area contributed by atoms with Gasteiger partial charge in [0.25, 0.3) is 0 Å². The number of methoxy groups -OCH3 is 1. The normalized spacial score (nSPS) is 34.0. The van der Waals surface area contributed by atoms with Crippen molar-refractivity contribution in [3.63, 3.8) is 0 Å². The average molecular weight is 443 g/mol. The highest BCUT2D eigenvalue weighted by molar-refractivity contribution is 5.77. The van der Waals surface area contributed by atoms with Gasteiger partial charge in [-0.3, -0.25) is 4.79 Å². The number of carbonyl (C=O) groups excluding carboxylic acids is 1. The van der Waals surface area contributed by atoms with Gasteiger partial charge < -0.3 is 14.1 Å². The molecule has 0 spiro atoms. The Morgan fingerprint density at radius 2 is 1.94 bits per heavy atom. The molecule has 4 rings (SSSR count). The van der Waals surface area contributed by atoms with Crippen molar-refractivity contribution in [1.82, 2.24) is 0 Å². The summed E-state index contributed by atoms with van der Waals surface area (Å²) in [7, 11) is 1.55. The zero-order valence-electron chi connectivity index (χ0n) is 20.6. The summed E-state index contributed by atoms with van der Waals surface area (Å²) in [6.07, 6.45) is 14.8. The first-order chi connectivity index (χ1) is 15.4. The van der Waals surface area contributed by atoms with Gasteiger partial charge in [-0.1, -0.05) is 25.5 Å². The summed E-state index contributed by atoms with van der Waals surface area (Å²) in [5, 5.41) is 0. The molecule has 32 heavy (non-hydrogen) atoms. The molecule has 1 aromatic rings. The first-order valence-corrected chi connectivity index (χ1v) is 13.0. The van der Waals surface area contributed by atoms with Crippen LogP contribution >= 0.6 is 0 Å². The molecule has 0 aromatic carbocycles. The second-order valence-corrected chi connectivity index (χ2v) is 11.3. The lowest BCUT2D eigenvalue weighted by Crippen LogP contribution is -3.10. The Hall–Kier alpha value is -1.55. The monoisotopic (exact) mass is 442 g/mol. The van der Waals surface area contributed by atoms with E-state index in [-0.39, 0.29) is 16.8 Å². The van der Waals surface area contributed by atoms with E-state index in [0.717, 1.165) is 45.1 Å². The van der Waals surface area contributed by atoms with E-state index in [1.165, 1.54) is 62.1 Å². The van der Waals surface area contributed by atoms with E-state index in [4.69, 9.17) is 9.15 Å². The number of hydrogen-bond acceptors (Lipinski definition) is 3. The summed E-state index contributed by atoms with van der Waals surface area (Å²) >= 11 is 0. The fraction of sp³-hybridized carbons (Fsp3) is 0.750. The molecule has 4 atom stereocenters. The quantitative estimate of drug-likeness (QED) is 0.491. The van der Waals surface area contributed by atoms with Crippen LogP contribution in [0.4, 0.5) is 0 Å². The summed E-state index contributed by atoms with van der Waals surface area (Å²) in [4.78, 5) is 14.5. The molecule has 4 nitrogen and oxygen atoms in total. The first-order valence-electron chi connectivity index (χ1n) is 13.0. The maximum atomic E-state index is 12.8. The predicted molar refractivity (Wildman–Crippen MR) is 127 cm³/mol. The minimum absolute atomic E-state index is 0.0165. The number of aryl methyl sites for hydroxylation is 1. The van der Waals surface area contributed by atoms with E-state index >= 15 is 0 Å². The van der Waals surface area contributed by atoms with Crippen molar-refractivity contribution < 1.29 is 18.8 Å². The average Bonchev–Trinajstić information content (AvgIpc) is 3.04. The summed E-state index contributed by atoms with van der Waals surface area (Å²) in [5.41, 5.74) is 2.53. The number of allylic oxidation sites excluding steroid dienone is 1. The number of quaternary nitrogens is 1. The third-order valence-corrected chi connectivity index (χ3v) is 9.43. The fourth-order valence-electron chi connectivity index (χ4n) is 7.64. The Kier molecular flexibility index (Phi) is 7.19. The Morgan fingerprint density at radius 1 is 1.19 bits per heavy atom. The lowest BCUT2D eigenvalue weighted by molar-refractivity contribution is -0.914. The van der Waals surface area contributed by atoms with Crippen molar-refractivity contribution >= 4 is 5.97 Å². The number of esters is 1. The van der Waals surface area contributed by atoms with E-state index in [0.29, 0.717) is 11.8 Å². The van der Waals surface area contributed by atoms with E-state index in [9.17, 15) is 4.79 Å². The highest BCUT2D eigenvalue weighted by Gasteiger charge is 2.57.